The van der Waals surface area contributed by atoms with Crippen LogP contribution in [0.2, 0.25) is 5.02 Å². The van der Waals surface area contributed by atoms with E-state index < -0.39 is 10.0 Å². The summed E-state index contributed by atoms with van der Waals surface area (Å²) in [6, 6.07) is 5.20. The van der Waals surface area contributed by atoms with Gasteiger partial charge in [0.05, 0.1) is 5.02 Å². The Morgan fingerprint density at radius 1 is 1.30 bits per heavy atom. The molecule has 0 saturated heterocycles. The molecule has 1 fully saturated rings. The second kappa shape index (κ2) is 6.89. The number of hydrogen-bond acceptors (Lipinski definition) is 3. The summed E-state index contributed by atoms with van der Waals surface area (Å²) in [5.74, 6) is 0. The van der Waals surface area contributed by atoms with Crippen molar-refractivity contribution in [1.29, 1.82) is 0 Å². The number of sulfonamides is 1. The number of halogens is 1. The van der Waals surface area contributed by atoms with Gasteiger partial charge in [-0.25, -0.2) is 13.1 Å². The van der Waals surface area contributed by atoms with Gasteiger partial charge in [-0.15, -0.1) is 0 Å². The molecule has 0 atom stereocenters. The minimum Gasteiger partial charge on any atom is -0.313 e. The molecule has 1 saturated carbocycles. The van der Waals surface area contributed by atoms with Gasteiger partial charge in [-0.3, -0.25) is 0 Å². The molecular weight excluding hydrogens is 296 g/mol. The van der Waals surface area contributed by atoms with Crippen LogP contribution in [0, 0.1) is 0 Å². The fourth-order valence-electron chi connectivity index (χ4n) is 2.46. The van der Waals surface area contributed by atoms with E-state index in [0.717, 1.165) is 37.8 Å². The molecule has 1 aliphatic rings. The minimum absolute atomic E-state index is 0.0495. The van der Waals surface area contributed by atoms with Gasteiger partial charge in [0.25, 0.3) is 0 Å². The number of nitrogens with one attached hydrogen (secondary N) is 2. The minimum atomic E-state index is -3.53. The molecule has 2 rings (SSSR count). The first kappa shape index (κ1) is 15.8. The maximum atomic E-state index is 12.4. The van der Waals surface area contributed by atoms with Crippen molar-refractivity contribution in [2.45, 2.75) is 50.1 Å². The normalized spacial score (nSPS) is 16.7. The van der Waals surface area contributed by atoms with E-state index in [1.165, 1.54) is 0 Å². The molecule has 20 heavy (non-hydrogen) atoms. The lowest BCUT2D eigenvalue weighted by Gasteiger charge is -2.14. The van der Waals surface area contributed by atoms with E-state index >= 15 is 0 Å². The van der Waals surface area contributed by atoms with Crippen molar-refractivity contribution in [3.05, 3.63) is 28.8 Å². The van der Waals surface area contributed by atoms with E-state index in [9.17, 15) is 8.42 Å². The number of benzene rings is 1. The van der Waals surface area contributed by atoms with Crippen LogP contribution in [0.1, 0.15) is 38.2 Å². The Morgan fingerprint density at radius 3 is 2.65 bits per heavy atom. The van der Waals surface area contributed by atoms with Gasteiger partial charge in [-0.1, -0.05) is 37.4 Å². The highest BCUT2D eigenvalue weighted by Gasteiger charge is 2.24. The van der Waals surface area contributed by atoms with Crippen LogP contribution in [0.4, 0.5) is 0 Å². The lowest BCUT2D eigenvalue weighted by Crippen LogP contribution is -2.32. The van der Waals surface area contributed by atoms with Crippen molar-refractivity contribution in [2.75, 3.05) is 6.54 Å². The van der Waals surface area contributed by atoms with E-state index in [0.29, 0.717) is 6.54 Å². The number of hydrogen-bond donors (Lipinski definition) is 2. The molecule has 0 unspecified atom stereocenters. The maximum Gasteiger partial charge on any atom is 0.242 e. The van der Waals surface area contributed by atoms with Crippen LogP contribution < -0.4 is 10.0 Å². The fourth-order valence-corrected chi connectivity index (χ4v) is 4.31. The van der Waals surface area contributed by atoms with Gasteiger partial charge in [0.15, 0.2) is 0 Å². The molecule has 0 aromatic heterocycles. The van der Waals surface area contributed by atoms with Gasteiger partial charge >= 0.3 is 0 Å². The van der Waals surface area contributed by atoms with Crippen molar-refractivity contribution in [1.82, 2.24) is 10.0 Å². The quantitative estimate of drug-likeness (QED) is 0.848. The third-order valence-corrected chi connectivity index (χ3v) is 5.54. The molecule has 1 aliphatic carbocycles. The van der Waals surface area contributed by atoms with Crippen molar-refractivity contribution in [2.24, 2.45) is 0 Å². The maximum absolute atomic E-state index is 12.4. The standard InChI is InChI=1S/C14H21ClN2O2S/c1-2-16-10-11-7-8-13(15)14(9-11)20(18,19)17-12-5-3-4-6-12/h7-9,12,16-17H,2-6,10H2,1H3. The Balaban J connectivity index is 2.20. The summed E-state index contributed by atoms with van der Waals surface area (Å²) in [6.45, 7) is 3.49. The molecule has 0 heterocycles. The van der Waals surface area contributed by atoms with Crippen molar-refractivity contribution < 1.29 is 8.42 Å². The van der Waals surface area contributed by atoms with Crippen LogP contribution in [0.5, 0.6) is 0 Å². The van der Waals surface area contributed by atoms with E-state index in [2.05, 4.69) is 10.0 Å². The molecule has 2 N–H and O–H groups in total. The average molecular weight is 317 g/mol. The molecule has 1 aromatic rings. The Kier molecular flexibility index (Phi) is 5.43. The number of rotatable bonds is 6. The van der Waals surface area contributed by atoms with Gasteiger partial charge in [-0.2, -0.15) is 0 Å². The third kappa shape index (κ3) is 3.95. The summed E-state index contributed by atoms with van der Waals surface area (Å²) in [5, 5.41) is 3.45. The van der Waals surface area contributed by atoms with Crippen LogP contribution in [0.25, 0.3) is 0 Å². The third-order valence-electron chi connectivity index (χ3n) is 3.54. The Hall–Kier alpha value is -0.620. The van der Waals surface area contributed by atoms with E-state index in [-0.39, 0.29) is 16.0 Å². The average Bonchev–Trinajstić information content (AvgIpc) is 2.89. The van der Waals surface area contributed by atoms with Crippen LogP contribution in [-0.4, -0.2) is 21.0 Å². The summed E-state index contributed by atoms with van der Waals surface area (Å²) in [5.41, 5.74) is 0.919. The second-order valence-electron chi connectivity index (χ2n) is 5.15. The molecule has 0 bridgehead atoms. The first-order valence-electron chi connectivity index (χ1n) is 7.04. The molecule has 1 aromatic carbocycles. The van der Waals surface area contributed by atoms with E-state index in [4.69, 9.17) is 11.6 Å². The lowest BCUT2D eigenvalue weighted by molar-refractivity contribution is 0.552. The molecule has 4 nitrogen and oxygen atoms in total. The monoisotopic (exact) mass is 316 g/mol. The first-order chi connectivity index (χ1) is 9.53. The van der Waals surface area contributed by atoms with Gasteiger partial charge < -0.3 is 5.32 Å². The van der Waals surface area contributed by atoms with E-state index in [1.54, 1.807) is 12.1 Å². The molecular formula is C14H21ClN2O2S. The summed E-state index contributed by atoms with van der Waals surface area (Å²) in [4.78, 5) is 0.182. The Bertz CT molecular complexity index is 554. The highest BCUT2D eigenvalue weighted by atomic mass is 35.5. The summed E-state index contributed by atoms with van der Waals surface area (Å²) in [6.07, 6.45) is 3.99. The molecule has 0 radical (unpaired) electrons. The zero-order valence-corrected chi connectivity index (χ0v) is 13.2. The van der Waals surface area contributed by atoms with Gasteiger partial charge in [-0.05, 0) is 37.1 Å². The highest BCUT2D eigenvalue weighted by Crippen LogP contribution is 2.25. The van der Waals surface area contributed by atoms with Crippen LogP contribution >= 0.6 is 11.6 Å². The highest BCUT2D eigenvalue weighted by molar-refractivity contribution is 7.89. The summed E-state index contributed by atoms with van der Waals surface area (Å²) in [7, 11) is -3.53. The van der Waals surface area contributed by atoms with Gasteiger partial charge in [0.2, 0.25) is 10.0 Å². The molecule has 6 heteroatoms. The molecule has 0 amide bonds. The summed E-state index contributed by atoms with van der Waals surface area (Å²) < 4.78 is 27.6. The van der Waals surface area contributed by atoms with Crippen molar-refractivity contribution >= 4 is 21.6 Å². The van der Waals surface area contributed by atoms with Crippen molar-refractivity contribution in [3.8, 4) is 0 Å². The van der Waals surface area contributed by atoms with Gasteiger partial charge in [0.1, 0.15) is 4.90 Å². The molecule has 0 aliphatic heterocycles. The Labute approximate surface area is 126 Å². The zero-order valence-electron chi connectivity index (χ0n) is 11.7. The predicted molar refractivity (Wildman–Crippen MR) is 81.4 cm³/mol. The van der Waals surface area contributed by atoms with Crippen LogP contribution in [-0.2, 0) is 16.6 Å². The topological polar surface area (TPSA) is 58.2 Å². The largest absolute Gasteiger partial charge is 0.313 e. The zero-order chi connectivity index (χ0) is 14.6. The molecule has 112 valence electrons. The lowest BCUT2D eigenvalue weighted by atomic mass is 10.2. The fraction of sp³-hybridized carbons (Fsp3) is 0.571. The van der Waals surface area contributed by atoms with Gasteiger partial charge in [0, 0.05) is 12.6 Å². The smallest absolute Gasteiger partial charge is 0.242 e. The van der Waals surface area contributed by atoms with Crippen molar-refractivity contribution in [3.63, 3.8) is 0 Å². The van der Waals surface area contributed by atoms with Crippen LogP contribution in [0.3, 0.4) is 0 Å². The first-order valence-corrected chi connectivity index (χ1v) is 8.90. The predicted octanol–water partition coefficient (Wildman–Crippen LogP) is 2.67. The Morgan fingerprint density at radius 2 is 2.00 bits per heavy atom. The SMILES string of the molecule is CCNCc1ccc(Cl)c(S(=O)(=O)NC2CCCC2)c1. The van der Waals surface area contributed by atoms with Crippen LogP contribution in [0.15, 0.2) is 23.1 Å². The second-order valence-corrected chi connectivity index (χ2v) is 7.24. The van der Waals surface area contributed by atoms with E-state index in [1.807, 2.05) is 13.0 Å². The molecule has 0 spiro atoms. The summed E-state index contributed by atoms with van der Waals surface area (Å²) >= 11 is 6.06.